The molecule has 0 spiro atoms. The zero-order chi connectivity index (χ0) is 18.1. The Bertz CT molecular complexity index is 954. The van der Waals surface area contributed by atoms with E-state index in [0.717, 1.165) is 18.6 Å². The van der Waals surface area contributed by atoms with Gasteiger partial charge in [0.2, 0.25) is 5.78 Å². The second-order valence-corrected chi connectivity index (χ2v) is 6.72. The van der Waals surface area contributed by atoms with Crippen molar-refractivity contribution in [1.82, 2.24) is 14.2 Å². The number of rotatable bonds is 3. The van der Waals surface area contributed by atoms with Gasteiger partial charge in [0, 0.05) is 49.0 Å². The number of carbonyl (C=O) groups excluding carboxylic acids is 2. The van der Waals surface area contributed by atoms with Crippen molar-refractivity contribution in [3.8, 4) is 0 Å². The Morgan fingerprint density at radius 1 is 0.846 bits per heavy atom. The summed E-state index contributed by atoms with van der Waals surface area (Å²) in [6, 6.07) is 16.6. The number of hydrogen-bond donors (Lipinski definition) is 0. The van der Waals surface area contributed by atoms with E-state index < -0.39 is 0 Å². The minimum absolute atomic E-state index is 0.0103. The second kappa shape index (κ2) is 6.77. The van der Waals surface area contributed by atoms with E-state index in [1.165, 1.54) is 0 Å². The third-order valence-corrected chi connectivity index (χ3v) is 4.94. The lowest BCUT2D eigenvalue weighted by Crippen LogP contribution is -2.47. The molecule has 26 heavy (non-hydrogen) atoms. The summed E-state index contributed by atoms with van der Waals surface area (Å²) in [5.74, 6) is -0.0938. The Morgan fingerprint density at radius 3 is 2.31 bits per heavy atom. The van der Waals surface area contributed by atoms with E-state index in [0.29, 0.717) is 29.9 Å². The van der Waals surface area contributed by atoms with Crippen molar-refractivity contribution in [3.05, 3.63) is 77.6 Å². The molecule has 0 N–H and O–H groups in total. The number of carbonyl (C=O) groups is 2. The Labute approximate surface area is 152 Å². The number of hydrogen-bond acceptors (Lipinski definition) is 3. The highest BCUT2D eigenvalue weighted by Crippen LogP contribution is 2.18. The minimum Gasteiger partial charge on any atom is -0.336 e. The van der Waals surface area contributed by atoms with Gasteiger partial charge in [-0.1, -0.05) is 30.3 Å². The minimum atomic E-state index is -0.0835. The first kappa shape index (κ1) is 16.5. The van der Waals surface area contributed by atoms with Crippen LogP contribution < -0.4 is 0 Å². The SMILES string of the molecule is CN1CCN(C(=O)c2cc(C(=O)c3ccccc3)n3cccc3c2)CC1. The fourth-order valence-electron chi connectivity index (χ4n) is 3.38. The van der Waals surface area contributed by atoms with Crippen LogP contribution in [0.4, 0.5) is 0 Å². The van der Waals surface area contributed by atoms with E-state index in [9.17, 15) is 9.59 Å². The Kier molecular flexibility index (Phi) is 4.31. The fraction of sp³-hybridized carbons (Fsp3) is 0.238. The van der Waals surface area contributed by atoms with Gasteiger partial charge >= 0.3 is 0 Å². The van der Waals surface area contributed by atoms with Gasteiger partial charge in [-0.05, 0) is 31.3 Å². The zero-order valence-electron chi connectivity index (χ0n) is 14.8. The smallest absolute Gasteiger partial charge is 0.254 e. The van der Waals surface area contributed by atoms with Crippen LogP contribution in [0.25, 0.3) is 5.52 Å². The Hall–Kier alpha value is -2.92. The summed E-state index contributed by atoms with van der Waals surface area (Å²) in [6.45, 7) is 3.16. The molecule has 1 aliphatic heterocycles. The van der Waals surface area contributed by atoms with E-state index in [-0.39, 0.29) is 11.7 Å². The molecule has 0 unspecified atom stereocenters. The average molecular weight is 347 g/mol. The van der Waals surface area contributed by atoms with Gasteiger partial charge in [0.05, 0.1) is 5.69 Å². The standard InChI is InChI=1S/C21H21N3O2/c1-22-10-12-23(13-11-22)21(26)17-14-18-8-5-9-24(18)19(15-17)20(25)16-6-3-2-4-7-16/h2-9,14-15H,10-13H2,1H3. The van der Waals surface area contributed by atoms with Crippen LogP contribution in [0.2, 0.25) is 0 Å². The molecule has 0 aliphatic carbocycles. The fourth-order valence-corrected chi connectivity index (χ4v) is 3.38. The van der Waals surface area contributed by atoms with Gasteiger partial charge in [-0.25, -0.2) is 0 Å². The maximum Gasteiger partial charge on any atom is 0.254 e. The van der Waals surface area contributed by atoms with Crippen LogP contribution in [0.3, 0.4) is 0 Å². The van der Waals surface area contributed by atoms with E-state index in [1.54, 1.807) is 18.2 Å². The molecule has 0 radical (unpaired) electrons. The summed E-state index contributed by atoms with van der Waals surface area (Å²) in [5.41, 5.74) is 2.55. The normalized spacial score (nSPS) is 15.3. The van der Waals surface area contributed by atoms with Crippen LogP contribution in [0, 0.1) is 0 Å². The largest absolute Gasteiger partial charge is 0.336 e. The predicted octanol–water partition coefficient (Wildman–Crippen LogP) is 2.56. The summed E-state index contributed by atoms with van der Waals surface area (Å²) >= 11 is 0. The molecule has 1 amide bonds. The number of pyridine rings is 1. The van der Waals surface area contributed by atoms with Crippen LogP contribution >= 0.6 is 0 Å². The Balaban J connectivity index is 1.73. The molecule has 4 rings (SSSR count). The highest BCUT2D eigenvalue weighted by Gasteiger charge is 2.23. The molecule has 1 saturated heterocycles. The summed E-state index contributed by atoms with van der Waals surface area (Å²) in [5, 5.41) is 0. The molecule has 5 nitrogen and oxygen atoms in total. The van der Waals surface area contributed by atoms with Crippen molar-refractivity contribution < 1.29 is 9.59 Å². The molecule has 1 fully saturated rings. The highest BCUT2D eigenvalue weighted by molar-refractivity contribution is 6.09. The third kappa shape index (κ3) is 3.02. The van der Waals surface area contributed by atoms with Crippen LogP contribution in [-0.4, -0.2) is 59.1 Å². The number of benzene rings is 1. The van der Waals surface area contributed by atoms with Gasteiger partial charge in [-0.15, -0.1) is 0 Å². The maximum atomic E-state index is 13.0. The Morgan fingerprint density at radius 2 is 1.58 bits per heavy atom. The molecule has 132 valence electrons. The molecule has 1 aromatic carbocycles. The predicted molar refractivity (Wildman–Crippen MR) is 101 cm³/mol. The van der Waals surface area contributed by atoms with Gasteiger partial charge in [0.15, 0.2) is 0 Å². The molecular formula is C21H21N3O2. The van der Waals surface area contributed by atoms with Crippen molar-refractivity contribution in [1.29, 1.82) is 0 Å². The molecule has 2 aromatic heterocycles. The summed E-state index contributed by atoms with van der Waals surface area (Å²) in [6.07, 6.45) is 1.86. The lowest BCUT2D eigenvalue weighted by molar-refractivity contribution is 0.0664. The van der Waals surface area contributed by atoms with Crippen molar-refractivity contribution in [2.45, 2.75) is 0 Å². The van der Waals surface area contributed by atoms with Gasteiger partial charge < -0.3 is 14.2 Å². The van der Waals surface area contributed by atoms with E-state index in [2.05, 4.69) is 11.9 Å². The van der Waals surface area contributed by atoms with E-state index in [4.69, 9.17) is 0 Å². The van der Waals surface area contributed by atoms with Gasteiger partial charge in [0.1, 0.15) is 0 Å². The van der Waals surface area contributed by atoms with Crippen LogP contribution in [0.5, 0.6) is 0 Å². The summed E-state index contributed by atoms with van der Waals surface area (Å²) < 4.78 is 1.84. The molecular weight excluding hydrogens is 326 g/mol. The monoisotopic (exact) mass is 347 g/mol. The number of ketones is 1. The van der Waals surface area contributed by atoms with Crippen molar-refractivity contribution >= 4 is 17.2 Å². The first-order valence-electron chi connectivity index (χ1n) is 8.82. The zero-order valence-corrected chi connectivity index (χ0v) is 14.8. The van der Waals surface area contributed by atoms with Gasteiger partial charge in [-0.2, -0.15) is 0 Å². The number of likely N-dealkylation sites (N-methyl/N-ethyl adjacent to an activating group) is 1. The van der Waals surface area contributed by atoms with Gasteiger partial charge in [-0.3, -0.25) is 9.59 Å². The van der Waals surface area contributed by atoms with Gasteiger partial charge in [0.25, 0.3) is 5.91 Å². The molecule has 0 atom stereocenters. The number of amides is 1. The van der Waals surface area contributed by atoms with Crippen molar-refractivity contribution in [3.63, 3.8) is 0 Å². The molecule has 1 aliphatic rings. The second-order valence-electron chi connectivity index (χ2n) is 6.72. The lowest BCUT2D eigenvalue weighted by Gasteiger charge is -2.32. The summed E-state index contributed by atoms with van der Waals surface area (Å²) in [7, 11) is 2.06. The molecule has 0 saturated carbocycles. The number of aromatic nitrogens is 1. The first-order valence-corrected chi connectivity index (χ1v) is 8.82. The number of piperazine rings is 1. The molecule has 3 heterocycles. The number of fused-ring (bicyclic) bond motifs is 1. The van der Waals surface area contributed by atoms with Crippen molar-refractivity contribution in [2.75, 3.05) is 33.2 Å². The lowest BCUT2D eigenvalue weighted by atomic mass is 10.0. The van der Waals surface area contributed by atoms with Crippen LogP contribution in [0.15, 0.2) is 60.8 Å². The van der Waals surface area contributed by atoms with Crippen LogP contribution in [-0.2, 0) is 0 Å². The third-order valence-electron chi connectivity index (χ3n) is 4.94. The maximum absolute atomic E-state index is 13.0. The highest BCUT2D eigenvalue weighted by atomic mass is 16.2. The summed E-state index contributed by atoms with van der Waals surface area (Å²) in [4.78, 5) is 30.0. The van der Waals surface area contributed by atoms with E-state index >= 15 is 0 Å². The van der Waals surface area contributed by atoms with Crippen molar-refractivity contribution in [2.24, 2.45) is 0 Å². The van der Waals surface area contributed by atoms with E-state index in [1.807, 2.05) is 51.9 Å². The van der Waals surface area contributed by atoms with Crippen LogP contribution in [0.1, 0.15) is 26.4 Å². The number of nitrogens with zero attached hydrogens (tertiary/aromatic N) is 3. The molecule has 0 bridgehead atoms. The topological polar surface area (TPSA) is 45.0 Å². The molecule has 5 heteroatoms. The molecule has 3 aromatic rings. The first-order chi connectivity index (χ1) is 12.6. The average Bonchev–Trinajstić information content (AvgIpc) is 3.16. The quantitative estimate of drug-likeness (QED) is 0.684.